The fraction of sp³-hybridized carbons (Fsp3) is 0.591. The van der Waals surface area contributed by atoms with Gasteiger partial charge in [0.1, 0.15) is 0 Å². The third kappa shape index (κ3) is 2.68. The highest BCUT2D eigenvalue weighted by Crippen LogP contribution is 2.57. The molecular formula is C22H30N2O. The average molecular weight is 338 g/mol. The molecule has 134 valence electrons. The molecule has 3 aliphatic rings. The molecule has 1 amide bonds. The lowest BCUT2D eigenvalue weighted by Gasteiger charge is -2.40. The van der Waals surface area contributed by atoms with Crippen molar-refractivity contribution in [2.45, 2.75) is 44.9 Å². The van der Waals surface area contributed by atoms with E-state index in [2.05, 4.69) is 36.2 Å². The summed E-state index contributed by atoms with van der Waals surface area (Å²) in [5.41, 5.74) is 6.20. The molecule has 1 aromatic rings. The van der Waals surface area contributed by atoms with Crippen LogP contribution in [0, 0.1) is 11.3 Å². The van der Waals surface area contributed by atoms with E-state index in [0.717, 1.165) is 13.0 Å². The van der Waals surface area contributed by atoms with Crippen molar-refractivity contribution in [3.8, 4) is 0 Å². The van der Waals surface area contributed by atoms with Gasteiger partial charge in [-0.2, -0.15) is 0 Å². The van der Waals surface area contributed by atoms with Crippen LogP contribution in [0.1, 0.15) is 49.7 Å². The second-order valence-electron chi connectivity index (χ2n) is 8.51. The molecule has 1 spiro atoms. The maximum absolute atomic E-state index is 12.6. The minimum atomic E-state index is 0.261. The first-order valence-electron chi connectivity index (χ1n) is 9.76. The van der Waals surface area contributed by atoms with Gasteiger partial charge in [0.05, 0.1) is 0 Å². The lowest BCUT2D eigenvalue weighted by atomic mass is 9.63. The Balaban J connectivity index is 1.82. The number of fused-ring (bicyclic) bond motifs is 3. The highest BCUT2D eigenvalue weighted by Gasteiger charge is 2.49. The Hall–Kier alpha value is -1.77. The number of hydrogen-bond acceptors (Lipinski definition) is 2. The zero-order valence-corrected chi connectivity index (χ0v) is 15.8. The van der Waals surface area contributed by atoms with Gasteiger partial charge in [-0.3, -0.25) is 4.79 Å². The Bertz CT molecular complexity index is 712. The first-order valence-corrected chi connectivity index (χ1v) is 9.76. The molecule has 4 rings (SSSR count). The number of nitrogens with zero attached hydrogens (tertiary/aromatic N) is 2. The van der Waals surface area contributed by atoms with E-state index in [1.54, 1.807) is 10.5 Å². The van der Waals surface area contributed by atoms with E-state index < -0.39 is 0 Å². The van der Waals surface area contributed by atoms with Crippen LogP contribution in [0.4, 0.5) is 0 Å². The fourth-order valence-electron chi connectivity index (χ4n) is 5.57. The zero-order chi connectivity index (χ0) is 17.6. The van der Waals surface area contributed by atoms with Crippen LogP contribution in [0.5, 0.6) is 0 Å². The quantitative estimate of drug-likeness (QED) is 0.815. The SMILES string of the molecule is CN(C)C(=O)CC1Cc2ccccc2C2=C1C1(CCCCC1)CN2C. The predicted octanol–water partition coefficient (Wildman–Crippen LogP) is 3.94. The van der Waals surface area contributed by atoms with E-state index in [9.17, 15) is 4.79 Å². The minimum Gasteiger partial charge on any atom is -0.373 e. The highest BCUT2D eigenvalue weighted by atomic mass is 16.2. The molecule has 0 saturated heterocycles. The van der Waals surface area contributed by atoms with Crippen LogP contribution in [0.25, 0.3) is 5.70 Å². The van der Waals surface area contributed by atoms with Crippen LogP contribution in [0.2, 0.25) is 0 Å². The van der Waals surface area contributed by atoms with Gasteiger partial charge in [-0.15, -0.1) is 0 Å². The number of carbonyl (C=O) groups excluding carboxylic acids is 1. The maximum atomic E-state index is 12.6. The van der Waals surface area contributed by atoms with E-state index in [-0.39, 0.29) is 5.91 Å². The number of hydrogen-bond donors (Lipinski definition) is 0. The molecule has 25 heavy (non-hydrogen) atoms. The van der Waals surface area contributed by atoms with Crippen LogP contribution in [0.15, 0.2) is 29.8 Å². The minimum absolute atomic E-state index is 0.261. The maximum Gasteiger partial charge on any atom is 0.222 e. The van der Waals surface area contributed by atoms with Crippen LogP contribution in [-0.2, 0) is 11.2 Å². The molecule has 0 aromatic heterocycles. The zero-order valence-electron chi connectivity index (χ0n) is 15.8. The second kappa shape index (κ2) is 6.19. The van der Waals surface area contributed by atoms with Gasteiger partial charge < -0.3 is 9.80 Å². The number of amides is 1. The van der Waals surface area contributed by atoms with Gasteiger partial charge in [0.2, 0.25) is 5.91 Å². The molecule has 1 unspecified atom stereocenters. The molecule has 1 atom stereocenters. The van der Waals surface area contributed by atoms with Crippen molar-refractivity contribution < 1.29 is 4.79 Å². The van der Waals surface area contributed by atoms with Crippen LogP contribution < -0.4 is 0 Å². The van der Waals surface area contributed by atoms with Crippen molar-refractivity contribution in [2.75, 3.05) is 27.7 Å². The monoisotopic (exact) mass is 338 g/mol. The number of rotatable bonds is 2. The van der Waals surface area contributed by atoms with Gasteiger partial charge in [0, 0.05) is 50.8 Å². The number of benzene rings is 1. The Morgan fingerprint density at radius 2 is 1.92 bits per heavy atom. The lowest BCUT2D eigenvalue weighted by molar-refractivity contribution is -0.129. The summed E-state index contributed by atoms with van der Waals surface area (Å²) in [5.74, 6) is 0.625. The van der Waals surface area contributed by atoms with Crippen molar-refractivity contribution in [3.63, 3.8) is 0 Å². The molecule has 2 aliphatic carbocycles. The average Bonchev–Trinajstić information content (AvgIpc) is 2.88. The molecule has 0 bridgehead atoms. The van der Waals surface area contributed by atoms with Gasteiger partial charge >= 0.3 is 0 Å². The molecule has 3 nitrogen and oxygen atoms in total. The smallest absolute Gasteiger partial charge is 0.222 e. The first-order chi connectivity index (χ1) is 12.0. The van der Waals surface area contributed by atoms with Crippen LogP contribution in [0.3, 0.4) is 0 Å². The summed E-state index contributed by atoms with van der Waals surface area (Å²) < 4.78 is 0. The Morgan fingerprint density at radius 3 is 2.64 bits per heavy atom. The summed E-state index contributed by atoms with van der Waals surface area (Å²) in [7, 11) is 6.02. The highest BCUT2D eigenvalue weighted by molar-refractivity contribution is 5.80. The molecular weight excluding hydrogens is 308 g/mol. The van der Waals surface area contributed by atoms with Crippen LogP contribution in [-0.4, -0.2) is 43.4 Å². The molecule has 1 aliphatic heterocycles. The lowest BCUT2D eigenvalue weighted by Crippen LogP contribution is -2.35. The fourth-order valence-corrected chi connectivity index (χ4v) is 5.57. The summed E-state index contributed by atoms with van der Waals surface area (Å²) in [6.07, 6.45) is 8.29. The molecule has 1 heterocycles. The Morgan fingerprint density at radius 1 is 1.20 bits per heavy atom. The summed E-state index contributed by atoms with van der Waals surface area (Å²) >= 11 is 0. The summed E-state index contributed by atoms with van der Waals surface area (Å²) in [6.45, 7) is 1.14. The molecule has 0 radical (unpaired) electrons. The molecule has 1 saturated carbocycles. The standard InChI is InChI=1S/C22H30N2O/c1-23(2)19(25)14-17-13-16-9-5-6-10-18(16)21-20(17)22(15-24(21)3)11-7-4-8-12-22/h5-6,9-10,17H,4,7-8,11-15H2,1-3H3. The summed E-state index contributed by atoms with van der Waals surface area (Å²) in [5, 5.41) is 0. The largest absolute Gasteiger partial charge is 0.373 e. The van der Waals surface area contributed by atoms with E-state index in [0.29, 0.717) is 17.8 Å². The van der Waals surface area contributed by atoms with E-state index in [1.807, 2.05) is 14.1 Å². The van der Waals surface area contributed by atoms with E-state index in [1.165, 1.54) is 48.9 Å². The molecule has 0 N–H and O–H groups in total. The van der Waals surface area contributed by atoms with Gasteiger partial charge in [-0.05, 0) is 36.3 Å². The van der Waals surface area contributed by atoms with Gasteiger partial charge in [0.25, 0.3) is 0 Å². The van der Waals surface area contributed by atoms with Crippen molar-refractivity contribution in [2.24, 2.45) is 11.3 Å². The van der Waals surface area contributed by atoms with Crippen molar-refractivity contribution in [1.82, 2.24) is 9.80 Å². The molecule has 1 aromatic carbocycles. The van der Waals surface area contributed by atoms with Crippen molar-refractivity contribution in [1.29, 1.82) is 0 Å². The van der Waals surface area contributed by atoms with Crippen molar-refractivity contribution >= 4 is 11.6 Å². The van der Waals surface area contributed by atoms with Crippen molar-refractivity contribution in [3.05, 3.63) is 41.0 Å². The van der Waals surface area contributed by atoms with Gasteiger partial charge in [-0.1, -0.05) is 43.5 Å². The second-order valence-corrected chi connectivity index (χ2v) is 8.51. The molecule has 1 fully saturated rings. The Labute approximate surface area is 151 Å². The predicted molar refractivity (Wildman–Crippen MR) is 102 cm³/mol. The van der Waals surface area contributed by atoms with E-state index >= 15 is 0 Å². The third-order valence-corrected chi connectivity index (χ3v) is 6.63. The van der Waals surface area contributed by atoms with Crippen LogP contribution >= 0.6 is 0 Å². The first kappa shape index (κ1) is 16.7. The van der Waals surface area contributed by atoms with Gasteiger partial charge in [-0.25, -0.2) is 0 Å². The number of carbonyl (C=O) groups is 1. The van der Waals surface area contributed by atoms with E-state index in [4.69, 9.17) is 0 Å². The third-order valence-electron chi connectivity index (χ3n) is 6.63. The molecule has 3 heteroatoms. The summed E-state index contributed by atoms with van der Waals surface area (Å²) in [4.78, 5) is 16.8. The normalized spacial score (nSPS) is 24.3. The Kier molecular flexibility index (Phi) is 4.13. The van der Waals surface area contributed by atoms with Gasteiger partial charge in [0.15, 0.2) is 0 Å². The summed E-state index contributed by atoms with van der Waals surface area (Å²) in [6, 6.07) is 8.84. The topological polar surface area (TPSA) is 23.6 Å².